The number of piperidine rings is 1. The van der Waals surface area contributed by atoms with Gasteiger partial charge in [-0.3, -0.25) is 0 Å². The lowest BCUT2D eigenvalue weighted by molar-refractivity contribution is 0.0367. The van der Waals surface area contributed by atoms with Crippen molar-refractivity contribution in [1.29, 1.82) is 0 Å². The van der Waals surface area contributed by atoms with Gasteiger partial charge in [-0.25, -0.2) is 17.5 Å². The minimum Gasteiger partial charge on any atom is -0.377 e. The molecule has 0 unspecified atom stereocenters. The van der Waals surface area contributed by atoms with Crippen LogP contribution in [0.25, 0.3) is 0 Å². The fourth-order valence-electron chi connectivity index (χ4n) is 2.13. The van der Waals surface area contributed by atoms with E-state index >= 15 is 0 Å². The molecule has 2 rings (SSSR count). The van der Waals surface area contributed by atoms with Crippen LogP contribution in [0.5, 0.6) is 0 Å². The normalized spacial score (nSPS) is 17.0. The van der Waals surface area contributed by atoms with Crippen LogP contribution in [0.2, 0.25) is 5.02 Å². The lowest BCUT2D eigenvalue weighted by Gasteiger charge is -2.22. The molecule has 118 valence electrons. The zero-order valence-corrected chi connectivity index (χ0v) is 13.0. The highest BCUT2D eigenvalue weighted by atomic mass is 35.5. The highest BCUT2D eigenvalue weighted by molar-refractivity contribution is 7.89. The molecule has 1 aliphatic rings. The van der Waals surface area contributed by atoms with Crippen LogP contribution in [0, 0.1) is 5.82 Å². The van der Waals surface area contributed by atoms with Gasteiger partial charge in [0.05, 0.1) is 17.7 Å². The van der Waals surface area contributed by atoms with E-state index < -0.39 is 15.8 Å². The fraction of sp³-hybridized carbons (Fsp3) is 0.538. The summed E-state index contributed by atoms with van der Waals surface area (Å²) < 4.78 is 45.0. The monoisotopic (exact) mass is 336 g/mol. The van der Waals surface area contributed by atoms with Crippen molar-refractivity contribution in [1.82, 2.24) is 10.0 Å². The van der Waals surface area contributed by atoms with Crippen LogP contribution in [0.1, 0.15) is 12.8 Å². The van der Waals surface area contributed by atoms with E-state index in [-0.39, 0.29) is 22.6 Å². The van der Waals surface area contributed by atoms with E-state index in [1.807, 2.05) is 0 Å². The fourth-order valence-corrected chi connectivity index (χ4v) is 3.68. The number of sulfonamides is 1. The average Bonchev–Trinajstić information content (AvgIpc) is 2.44. The van der Waals surface area contributed by atoms with Crippen molar-refractivity contribution in [2.45, 2.75) is 23.8 Å². The molecular formula is C13H18ClFN2O3S. The maximum Gasteiger partial charge on any atom is 0.242 e. The van der Waals surface area contributed by atoms with Crippen LogP contribution in [0.3, 0.4) is 0 Å². The van der Waals surface area contributed by atoms with Gasteiger partial charge in [-0.2, -0.15) is 0 Å². The van der Waals surface area contributed by atoms with Gasteiger partial charge in [0.15, 0.2) is 0 Å². The second-order valence-corrected chi connectivity index (χ2v) is 6.94. The van der Waals surface area contributed by atoms with Crippen molar-refractivity contribution >= 4 is 21.6 Å². The third kappa shape index (κ3) is 4.89. The number of hydrogen-bond donors (Lipinski definition) is 2. The summed E-state index contributed by atoms with van der Waals surface area (Å²) in [4.78, 5) is -0.132. The smallest absolute Gasteiger partial charge is 0.242 e. The van der Waals surface area contributed by atoms with E-state index in [0.29, 0.717) is 6.61 Å². The number of nitrogens with one attached hydrogen (secondary N) is 2. The number of rotatable bonds is 6. The van der Waals surface area contributed by atoms with E-state index in [2.05, 4.69) is 10.0 Å². The predicted molar refractivity (Wildman–Crippen MR) is 78.4 cm³/mol. The van der Waals surface area contributed by atoms with E-state index in [1.165, 1.54) is 0 Å². The van der Waals surface area contributed by atoms with Gasteiger partial charge in [0.25, 0.3) is 0 Å². The van der Waals surface area contributed by atoms with Crippen molar-refractivity contribution in [3.63, 3.8) is 0 Å². The maximum absolute atomic E-state index is 12.9. The zero-order chi connectivity index (χ0) is 15.3. The molecule has 2 N–H and O–H groups in total. The van der Waals surface area contributed by atoms with Crippen molar-refractivity contribution in [2.24, 2.45) is 0 Å². The van der Waals surface area contributed by atoms with Gasteiger partial charge < -0.3 is 10.1 Å². The second-order valence-electron chi connectivity index (χ2n) is 4.79. The minimum atomic E-state index is -3.75. The highest BCUT2D eigenvalue weighted by Crippen LogP contribution is 2.21. The molecule has 1 fully saturated rings. The Hall–Kier alpha value is -0.730. The second kappa shape index (κ2) is 7.51. The van der Waals surface area contributed by atoms with Crippen molar-refractivity contribution in [3.8, 4) is 0 Å². The van der Waals surface area contributed by atoms with Gasteiger partial charge in [0.1, 0.15) is 10.7 Å². The number of ether oxygens (including phenoxy) is 1. The third-order valence-electron chi connectivity index (χ3n) is 3.22. The molecule has 5 nitrogen and oxygen atoms in total. The first-order valence-corrected chi connectivity index (χ1v) is 8.62. The molecule has 0 atom stereocenters. The highest BCUT2D eigenvalue weighted by Gasteiger charge is 2.18. The van der Waals surface area contributed by atoms with Crippen molar-refractivity contribution < 1.29 is 17.5 Å². The molecule has 0 radical (unpaired) electrons. The molecule has 1 aromatic rings. The molecule has 0 bridgehead atoms. The Labute approximate surface area is 128 Å². The first-order chi connectivity index (χ1) is 9.99. The van der Waals surface area contributed by atoms with Gasteiger partial charge in [-0.15, -0.1) is 0 Å². The van der Waals surface area contributed by atoms with Crippen molar-refractivity contribution in [3.05, 3.63) is 29.0 Å². The SMILES string of the molecule is O=S(=O)(NCCOC1CCNCC1)c1ccc(F)cc1Cl. The molecular weight excluding hydrogens is 319 g/mol. The van der Waals surface area contributed by atoms with E-state index in [0.717, 1.165) is 44.1 Å². The summed E-state index contributed by atoms with van der Waals surface area (Å²) in [5.74, 6) is -0.576. The molecule has 0 aromatic heterocycles. The Balaban J connectivity index is 1.83. The molecule has 0 amide bonds. The molecule has 1 aromatic carbocycles. The summed E-state index contributed by atoms with van der Waals surface area (Å²) in [6.45, 7) is 2.28. The van der Waals surface area contributed by atoms with Gasteiger partial charge in [0, 0.05) is 6.54 Å². The van der Waals surface area contributed by atoms with Crippen LogP contribution in [0.4, 0.5) is 4.39 Å². The minimum absolute atomic E-state index is 0.132. The number of benzene rings is 1. The van der Waals surface area contributed by atoms with Crippen molar-refractivity contribution in [2.75, 3.05) is 26.2 Å². The zero-order valence-electron chi connectivity index (χ0n) is 11.4. The van der Waals surface area contributed by atoms with Crippen LogP contribution >= 0.6 is 11.6 Å². The first-order valence-electron chi connectivity index (χ1n) is 6.76. The van der Waals surface area contributed by atoms with Gasteiger partial charge >= 0.3 is 0 Å². The van der Waals surface area contributed by atoms with Crippen LogP contribution in [0.15, 0.2) is 23.1 Å². The number of halogens is 2. The largest absolute Gasteiger partial charge is 0.377 e. The summed E-state index contributed by atoms with van der Waals surface area (Å²) in [6.07, 6.45) is 2.03. The van der Waals surface area contributed by atoms with E-state index in [1.54, 1.807) is 0 Å². The molecule has 1 aliphatic heterocycles. The van der Waals surface area contributed by atoms with Crippen LogP contribution in [-0.4, -0.2) is 40.8 Å². The quantitative estimate of drug-likeness (QED) is 0.773. The molecule has 21 heavy (non-hydrogen) atoms. The Bertz CT molecular complexity index is 577. The number of hydrogen-bond acceptors (Lipinski definition) is 4. The summed E-state index contributed by atoms with van der Waals surface area (Å²) in [5, 5.41) is 3.09. The molecule has 8 heteroatoms. The Morgan fingerprint density at radius 3 is 2.76 bits per heavy atom. The summed E-state index contributed by atoms with van der Waals surface area (Å²) in [6, 6.07) is 3.18. The molecule has 1 saturated heterocycles. The molecule has 0 saturated carbocycles. The van der Waals surface area contributed by atoms with E-state index in [9.17, 15) is 12.8 Å². The Morgan fingerprint density at radius 2 is 2.10 bits per heavy atom. The Morgan fingerprint density at radius 1 is 1.38 bits per heavy atom. The summed E-state index contributed by atoms with van der Waals surface area (Å²) in [5.41, 5.74) is 0. The first kappa shape index (κ1) is 16.6. The van der Waals surface area contributed by atoms with Crippen LogP contribution in [-0.2, 0) is 14.8 Å². The molecule has 0 spiro atoms. The third-order valence-corrected chi connectivity index (χ3v) is 5.16. The molecule has 1 heterocycles. The maximum atomic E-state index is 12.9. The Kier molecular flexibility index (Phi) is 5.95. The lowest BCUT2D eigenvalue weighted by Crippen LogP contribution is -2.34. The molecule has 0 aliphatic carbocycles. The van der Waals surface area contributed by atoms with Gasteiger partial charge in [-0.1, -0.05) is 11.6 Å². The van der Waals surface area contributed by atoms with Crippen LogP contribution < -0.4 is 10.0 Å². The summed E-state index contributed by atoms with van der Waals surface area (Å²) in [7, 11) is -3.75. The average molecular weight is 337 g/mol. The van der Waals surface area contributed by atoms with Gasteiger partial charge in [0.2, 0.25) is 10.0 Å². The standard InChI is InChI=1S/C13H18ClFN2O3S/c14-12-9-10(15)1-2-13(12)21(18,19)17-7-8-20-11-3-5-16-6-4-11/h1-2,9,11,16-17H,3-8H2. The lowest BCUT2D eigenvalue weighted by atomic mass is 10.1. The van der Waals surface area contributed by atoms with E-state index in [4.69, 9.17) is 16.3 Å². The van der Waals surface area contributed by atoms with Gasteiger partial charge in [-0.05, 0) is 44.1 Å². The topological polar surface area (TPSA) is 67.4 Å². The summed E-state index contributed by atoms with van der Waals surface area (Å²) >= 11 is 5.75. The predicted octanol–water partition coefficient (Wildman–Crippen LogP) is 1.53.